The van der Waals surface area contributed by atoms with Crippen molar-refractivity contribution < 1.29 is 5.11 Å². The van der Waals surface area contributed by atoms with E-state index >= 15 is 0 Å². The van der Waals surface area contributed by atoms with Crippen LogP contribution >= 0.6 is 27.5 Å². The molecular formula is C11H15BrClNO. The van der Waals surface area contributed by atoms with E-state index in [4.69, 9.17) is 16.7 Å². The van der Waals surface area contributed by atoms with Crippen LogP contribution in [-0.2, 0) is 6.54 Å². The molecule has 0 aliphatic rings. The molecule has 4 heteroatoms. The molecule has 0 saturated heterocycles. The summed E-state index contributed by atoms with van der Waals surface area (Å²) < 4.78 is 0.987. The van der Waals surface area contributed by atoms with Crippen LogP contribution in [0.15, 0.2) is 22.7 Å². The fourth-order valence-corrected chi connectivity index (χ4v) is 2.11. The summed E-state index contributed by atoms with van der Waals surface area (Å²) in [5.74, 6) is 0. The summed E-state index contributed by atoms with van der Waals surface area (Å²) in [6, 6.07) is 5.88. The molecule has 0 bridgehead atoms. The van der Waals surface area contributed by atoms with Crippen molar-refractivity contribution in [2.45, 2.75) is 13.5 Å². The highest BCUT2D eigenvalue weighted by Gasteiger charge is 2.06. The Hall–Kier alpha value is -0.0900. The van der Waals surface area contributed by atoms with Crippen molar-refractivity contribution in [3.8, 4) is 0 Å². The van der Waals surface area contributed by atoms with Crippen LogP contribution in [0.25, 0.3) is 0 Å². The predicted molar refractivity (Wildman–Crippen MR) is 67.2 cm³/mol. The van der Waals surface area contributed by atoms with E-state index in [0.717, 1.165) is 28.1 Å². The lowest BCUT2D eigenvalue weighted by molar-refractivity contribution is 0.197. The molecule has 1 N–H and O–H groups in total. The van der Waals surface area contributed by atoms with E-state index in [1.165, 1.54) is 0 Å². The molecule has 0 radical (unpaired) electrons. The van der Waals surface area contributed by atoms with Crippen LogP contribution in [0, 0.1) is 0 Å². The smallest absolute Gasteiger partial charge is 0.0558 e. The first-order valence-corrected chi connectivity index (χ1v) is 6.11. The Balaban J connectivity index is 2.70. The summed E-state index contributed by atoms with van der Waals surface area (Å²) in [6.45, 7) is 4.63. The van der Waals surface area contributed by atoms with Crippen molar-refractivity contribution in [3.05, 3.63) is 33.3 Å². The van der Waals surface area contributed by atoms with Crippen molar-refractivity contribution in [1.82, 2.24) is 4.90 Å². The lowest BCUT2D eigenvalue weighted by atomic mass is 10.2. The standard InChI is InChI=1S/C11H15BrClNO/c1-2-14(5-6-15)8-9-3-4-10(12)7-11(9)13/h3-4,7,15H,2,5-6,8H2,1H3. The molecule has 0 amide bonds. The normalized spacial score (nSPS) is 11.0. The zero-order valence-electron chi connectivity index (χ0n) is 8.71. The number of hydrogen-bond donors (Lipinski definition) is 1. The number of nitrogens with zero attached hydrogens (tertiary/aromatic N) is 1. The van der Waals surface area contributed by atoms with E-state index < -0.39 is 0 Å². The van der Waals surface area contributed by atoms with Crippen LogP contribution in [0.4, 0.5) is 0 Å². The molecule has 0 atom stereocenters. The van der Waals surface area contributed by atoms with Crippen LogP contribution in [0.5, 0.6) is 0 Å². The molecule has 2 nitrogen and oxygen atoms in total. The summed E-state index contributed by atoms with van der Waals surface area (Å²) in [4.78, 5) is 2.15. The molecule has 0 unspecified atom stereocenters. The van der Waals surface area contributed by atoms with E-state index in [-0.39, 0.29) is 6.61 Å². The Morgan fingerprint density at radius 1 is 1.47 bits per heavy atom. The largest absolute Gasteiger partial charge is 0.395 e. The van der Waals surface area contributed by atoms with Gasteiger partial charge in [-0.05, 0) is 24.2 Å². The van der Waals surface area contributed by atoms with Gasteiger partial charge in [-0.1, -0.05) is 40.5 Å². The highest BCUT2D eigenvalue weighted by atomic mass is 79.9. The van der Waals surface area contributed by atoms with Crippen molar-refractivity contribution in [2.75, 3.05) is 19.7 Å². The Morgan fingerprint density at radius 3 is 2.73 bits per heavy atom. The monoisotopic (exact) mass is 291 g/mol. The van der Waals surface area contributed by atoms with Gasteiger partial charge >= 0.3 is 0 Å². The summed E-state index contributed by atoms with van der Waals surface area (Å²) in [5.41, 5.74) is 1.09. The summed E-state index contributed by atoms with van der Waals surface area (Å²) in [6.07, 6.45) is 0. The Bertz CT molecular complexity index is 319. The molecule has 1 rings (SSSR count). The molecule has 0 spiro atoms. The minimum Gasteiger partial charge on any atom is -0.395 e. The highest BCUT2D eigenvalue weighted by molar-refractivity contribution is 9.10. The van der Waals surface area contributed by atoms with Gasteiger partial charge in [0.25, 0.3) is 0 Å². The van der Waals surface area contributed by atoms with Crippen LogP contribution in [0.2, 0.25) is 5.02 Å². The summed E-state index contributed by atoms with van der Waals surface area (Å²) in [7, 11) is 0. The first-order chi connectivity index (χ1) is 7.17. The third-order valence-electron chi connectivity index (χ3n) is 2.27. The maximum atomic E-state index is 8.88. The average molecular weight is 293 g/mol. The van der Waals surface area contributed by atoms with E-state index in [2.05, 4.69) is 27.8 Å². The van der Waals surface area contributed by atoms with Gasteiger partial charge in [0.1, 0.15) is 0 Å². The fraction of sp³-hybridized carbons (Fsp3) is 0.455. The second-order valence-corrected chi connectivity index (χ2v) is 4.65. The molecule has 15 heavy (non-hydrogen) atoms. The molecule has 0 aliphatic heterocycles. The van der Waals surface area contributed by atoms with Gasteiger partial charge in [-0.15, -0.1) is 0 Å². The van der Waals surface area contributed by atoms with Crippen molar-refractivity contribution in [1.29, 1.82) is 0 Å². The molecule has 1 aromatic carbocycles. The minimum absolute atomic E-state index is 0.183. The first kappa shape index (κ1) is 13.0. The van der Waals surface area contributed by atoms with E-state index in [1.807, 2.05) is 18.2 Å². The second kappa shape index (κ2) is 6.48. The van der Waals surface area contributed by atoms with Gasteiger partial charge in [0, 0.05) is 22.6 Å². The third-order valence-corrected chi connectivity index (χ3v) is 3.12. The van der Waals surface area contributed by atoms with Gasteiger partial charge in [0.15, 0.2) is 0 Å². The Kier molecular flexibility index (Phi) is 5.61. The van der Waals surface area contributed by atoms with Crippen LogP contribution in [0.1, 0.15) is 12.5 Å². The Labute approximate surface area is 104 Å². The van der Waals surface area contributed by atoms with Gasteiger partial charge in [-0.25, -0.2) is 0 Å². The lowest BCUT2D eigenvalue weighted by Crippen LogP contribution is -2.26. The van der Waals surface area contributed by atoms with Crippen molar-refractivity contribution in [3.63, 3.8) is 0 Å². The van der Waals surface area contributed by atoms with E-state index in [1.54, 1.807) is 0 Å². The summed E-state index contributed by atoms with van der Waals surface area (Å²) >= 11 is 9.48. The maximum Gasteiger partial charge on any atom is 0.0558 e. The lowest BCUT2D eigenvalue weighted by Gasteiger charge is -2.19. The zero-order valence-corrected chi connectivity index (χ0v) is 11.1. The predicted octanol–water partition coefficient (Wildman–Crippen LogP) is 2.92. The van der Waals surface area contributed by atoms with Gasteiger partial charge in [-0.2, -0.15) is 0 Å². The minimum atomic E-state index is 0.183. The highest BCUT2D eigenvalue weighted by Crippen LogP contribution is 2.22. The SMILES string of the molecule is CCN(CCO)Cc1ccc(Br)cc1Cl. The quantitative estimate of drug-likeness (QED) is 0.902. The molecule has 1 aromatic rings. The number of likely N-dealkylation sites (N-methyl/N-ethyl adjacent to an activating group) is 1. The van der Waals surface area contributed by atoms with Gasteiger partial charge < -0.3 is 5.11 Å². The van der Waals surface area contributed by atoms with Crippen molar-refractivity contribution in [2.24, 2.45) is 0 Å². The van der Waals surface area contributed by atoms with Crippen LogP contribution in [0.3, 0.4) is 0 Å². The average Bonchev–Trinajstić information content (AvgIpc) is 2.21. The molecule has 0 saturated carbocycles. The fourth-order valence-electron chi connectivity index (χ4n) is 1.38. The van der Waals surface area contributed by atoms with E-state index in [0.29, 0.717) is 6.54 Å². The number of rotatable bonds is 5. The molecule has 0 fully saturated rings. The molecule has 0 heterocycles. The molecular weight excluding hydrogens is 277 g/mol. The zero-order chi connectivity index (χ0) is 11.3. The molecule has 84 valence electrons. The number of benzene rings is 1. The first-order valence-electron chi connectivity index (χ1n) is 4.94. The number of halogens is 2. The second-order valence-electron chi connectivity index (χ2n) is 3.33. The van der Waals surface area contributed by atoms with Gasteiger partial charge in [0.2, 0.25) is 0 Å². The topological polar surface area (TPSA) is 23.5 Å². The van der Waals surface area contributed by atoms with Gasteiger partial charge in [0.05, 0.1) is 6.61 Å². The van der Waals surface area contributed by atoms with E-state index in [9.17, 15) is 0 Å². The third kappa shape index (κ3) is 4.11. The van der Waals surface area contributed by atoms with Gasteiger partial charge in [-0.3, -0.25) is 4.90 Å². The number of aliphatic hydroxyl groups is 1. The molecule has 0 aliphatic carbocycles. The van der Waals surface area contributed by atoms with Crippen LogP contribution in [-0.4, -0.2) is 29.7 Å². The molecule has 0 aromatic heterocycles. The van der Waals surface area contributed by atoms with Crippen molar-refractivity contribution >= 4 is 27.5 Å². The maximum absolute atomic E-state index is 8.88. The Morgan fingerprint density at radius 2 is 2.20 bits per heavy atom. The number of hydrogen-bond acceptors (Lipinski definition) is 2. The van der Waals surface area contributed by atoms with Crippen LogP contribution < -0.4 is 0 Å². The summed E-state index contributed by atoms with van der Waals surface area (Å²) in [5, 5.41) is 9.64. The number of aliphatic hydroxyl groups excluding tert-OH is 1.